The number of phenols is 1. The van der Waals surface area contributed by atoms with Crippen molar-refractivity contribution in [3.63, 3.8) is 0 Å². The van der Waals surface area contributed by atoms with Crippen LogP contribution in [0.5, 0.6) is 11.5 Å². The fraction of sp³-hybridized carbons (Fsp3) is 0.290. The van der Waals surface area contributed by atoms with Crippen molar-refractivity contribution in [2.45, 2.75) is 30.1 Å². The van der Waals surface area contributed by atoms with E-state index in [4.69, 9.17) is 21.9 Å². The number of nitriles is 1. The van der Waals surface area contributed by atoms with Crippen LogP contribution in [0.4, 0.5) is 0 Å². The number of carbonyl (C=O) groups is 3. The number of aliphatic hydroxyl groups is 3. The molecule has 1 fully saturated rings. The first kappa shape index (κ1) is 30.5. The van der Waals surface area contributed by atoms with Crippen LogP contribution in [0.25, 0.3) is 17.4 Å². The second-order valence-corrected chi connectivity index (χ2v) is 11.2. The molecule has 13 nitrogen and oxygen atoms in total. The highest BCUT2D eigenvalue weighted by atomic mass is 16.5. The number of nitrogens with zero attached hydrogens (tertiary/aromatic N) is 2. The highest BCUT2D eigenvalue weighted by molar-refractivity contribution is 6.27. The van der Waals surface area contributed by atoms with E-state index in [0.29, 0.717) is 17.9 Å². The van der Waals surface area contributed by atoms with Crippen molar-refractivity contribution in [2.24, 2.45) is 22.6 Å². The summed E-state index contributed by atoms with van der Waals surface area (Å²) in [5.41, 5.74) is 9.62. The smallest absolute Gasteiger partial charge is 0.255 e. The van der Waals surface area contributed by atoms with E-state index < -0.39 is 74.5 Å². The second-order valence-electron chi connectivity index (χ2n) is 11.2. The molecule has 0 aliphatic heterocycles. The number of hydrogen-bond donors (Lipinski definition) is 7. The Labute approximate surface area is 251 Å². The van der Waals surface area contributed by atoms with Crippen molar-refractivity contribution < 1.29 is 39.5 Å². The Hall–Kier alpha value is -5.00. The minimum absolute atomic E-state index is 0.00769. The Morgan fingerprint density at radius 3 is 2.30 bits per heavy atom. The molecule has 2 aromatic carbocycles. The maximum atomic E-state index is 14.7. The van der Waals surface area contributed by atoms with E-state index in [0.717, 1.165) is 0 Å². The quantitative estimate of drug-likeness (QED) is 0.228. The molecule has 3 aliphatic carbocycles. The number of fused-ring (bicyclic) bond motifs is 3. The summed E-state index contributed by atoms with van der Waals surface area (Å²) in [7, 11) is 2.71. The average Bonchev–Trinajstić information content (AvgIpc) is 2.95. The van der Waals surface area contributed by atoms with Crippen molar-refractivity contribution in [1.29, 1.82) is 5.26 Å². The standard InChI is InChI=1S/C31H31N5O8/c1-4-44-15-10-8-14(9-11-15)12-17-16-6-5-7-18(37)19(16)22(38)21-26(41)29(13-32)25(40)20(27(33)42)23(39)24(36(2)3)31(29,35)28(43)30(17,21)34/h5-12,24,28,37-38,40,43H,4,34-35H2,1-3H3,(H2,33,42)/b17-12+/t24-,28+,29+,30+,31+/m1/s1. The summed E-state index contributed by atoms with van der Waals surface area (Å²) < 4.78 is 5.50. The van der Waals surface area contributed by atoms with Crippen LogP contribution < -0.4 is 21.9 Å². The number of ketones is 2. The van der Waals surface area contributed by atoms with Crippen LogP contribution in [0.2, 0.25) is 0 Å². The lowest BCUT2D eigenvalue weighted by Gasteiger charge is -2.61. The zero-order chi connectivity index (χ0) is 32.5. The molecule has 5 atom stereocenters. The summed E-state index contributed by atoms with van der Waals surface area (Å²) in [6.45, 7) is 2.24. The Kier molecular flexibility index (Phi) is 6.95. The Morgan fingerprint density at radius 1 is 1.11 bits per heavy atom. The van der Waals surface area contributed by atoms with Gasteiger partial charge in [0.05, 0.1) is 29.9 Å². The first-order valence-electron chi connectivity index (χ1n) is 13.5. The number of aliphatic hydroxyl groups excluding tert-OH is 3. The number of amides is 1. The molecule has 1 saturated carbocycles. The highest BCUT2D eigenvalue weighted by Crippen LogP contribution is 2.61. The topological polar surface area (TPSA) is 246 Å². The van der Waals surface area contributed by atoms with Crippen molar-refractivity contribution in [3.8, 4) is 17.6 Å². The van der Waals surface area contributed by atoms with Gasteiger partial charge in [-0.15, -0.1) is 0 Å². The van der Waals surface area contributed by atoms with E-state index in [1.807, 2.05) is 6.92 Å². The lowest BCUT2D eigenvalue weighted by atomic mass is 9.45. The van der Waals surface area contributed by atoms with Crippen molar-refractivity contribution in [3.05, 3.63) is 76.1 Å². The molecule has 5 rings (SSSR count). The van der Waals surface area contributed by atoms with Gasteiger partial charge in [-0.3, -0.25) is 19.3 Å². The fourth-order valence-electron chi connectivity index (χ4n) is 6.85. The van der Waals surface area contributed by atoms with E-state index in [1.165, 1.54) is 43.3 Å². The zero-order valence-corrected chi connectivity index (χ0v) is 24.0. The number of benzene rings is 2. The van der Waals surface area contributed by atoms with Gasteiger partial charge in [-0.1, -0.05) is 24.3 Å². The SMILES string of the molecule is CCOc1ccc(/C=C2\c3cccc(O)c3C(O)=C3C(=O)[C@]4(C#N)C(O)=C(C(N)=O)C(=O)[C@@H](N(C)C)[C@]4(N)[C@@H](O)[C@@]32N)cc1. The molecule has 0 saturated heterocycles. The number of ether oxygens (including phenoxy) is 1. The first-order chi connectivity index (χ1) is 20.7. The Balaban J connectivity index is 1.93. The molecule has 2 aromatic rings. The molecular weight excluding hydrogens is 570 g/mol. The zero-order valence-electron chi connectivity index (χ0n) is 24.0. The molecule has 1 amide bonds. The lowest BCUT2D eigenvalue weighted by molar-refractivity contribution is -0.149. The molecule has 228 valence electrons. The number of rotatable bonds is 5. The van der Waals surface area contributed by atoms with Gasteiger partial charge in [-0.05, 0) is 62.0 Å². The largest absolute Gasteiger partial charge is 0.509 e. The monoisotopic (exact) mass is 601 g/mol. The third-order valence-corrected chi connectivity index (χ3v) is 8.74. The van der Waals surface area contributed by atoms with Crippen molar-refractivity contribution in [2.75, 3.05) is 20.7 Å². The summed E-state index contributed by atoms with van der Waals surface area (Å²) >= 11 is 0. The van der Waals surface area contributed by atoms with E-state index in [2.05, 4.69) is 0 Å². The Morgan fingerprint density at radius 2 is 1.75 bits per heavy atom. The van der Waals surface area contributed by atoms with Crippen LogP contribution in [-0.2, 0) is 14.4 Å². The lowest BCUT2D eigenvalue weighted by Crippen LogP contribution is -2.86. The number of likely N-dealkylation sites (N-methyl/N-ethyl adjacent to an activating group) is 1. The number of Topliss-reactive ketones (excluding diaryl/α,β-unsaturated/α-hetero) is 2. The summed E-state index contributed by atoms with van der Waals surface area (Å²) in [6, 6.07) is 10.7. The van der Waals surface area contributed by atoms with Gasteiger partial charge in [0.15, 0.2) is 17.0 Å². The summed E-state index contributed by atoms with van der Waals surface area (Å²) in [5.74, 6) is -6.15. The van der Waals surface area contributed by atoms with E-state index >= 15 is 0 Å². The summed E-state index contributed by atoms with van der Waals surface area (Å²) in [6.07, 6.45) is -0.763. The third kappa shape index (κ3) is 3.56. The second kappa shape index (κ2) is 10.0. The number of carbonyl (C=O) groups excluding carboxylic acids is 3. The van der Waals surface area contributed by atoms with Gasteiger partial charge in [0.1, 0.15) is 45.8 Å². The van der Waals surface area contributed by atoms with E-state index in [1.54, 1.807) is 30.3 Å². The van der Waals surface area contributed by atoms with Crippen LogP contribution in [0.1, 0.15) is 23.6 Å². The van der Waals surface area contributed by atoms with Crippen molar-refractivity contribution >= 4 is 34.9 Å². The van der Waals surface area contributed by atoms with E-state index in [-0.39, 0.29) is 16.7 Å². The predicted octanol–water partition coefficient (Wildman–Crippen LogP) is 0.273. The van der Waals surface area contributed by atoms with Crippen LogP contribution in [0.15, 0.2) is 59.4 Å². The van der Waals surface area contributed by atoms with Crippen LogP contribution in [-0.4, -0.2) is 86.7 Å². The molecule has 13 heteroatoms. The van der Waals surface area contributed by atoms with E-state index in [9.17, 15) is 40.1 Å². The first-order valence-corrected chi connectivity index (χ1v) is 13.5. The van der Waals surface area contributed by atoms with Crippen LogP contribution in [0.3, 0.4) is 0 Å². The molecule has 10 N–H and O–H groups in total. The van der Waals surface area contributed by atoms with Gasteiger partial charge < -0.3 is 42.4 Å². The number of hydrogen-bond acceptors (Lipinski definition) is 12. The molecular formula is C31H31N5O8. The van der Waals surface area contributed by atoms with Crippen molar-refractivity contribution in [1.82, 2.24) is 4.90 Å². The number of aromatic hydroxyl groups is 1. The number of primary amides is 1. The van der Waals surface area contributed by atoms with Crippen LogP contribution >= 0.6 is 0 Å². The average molecular weight is 602 g/mol. The minimum atomic E-state index is -3.03. The van der Waals surface area contributed by atoms with Gasteiger partial charge in [0.25, 0.3) is 5.91 Å². The van der Waals surface area contributed by atoms with Gasteiger partial charge >= 0.3 is 0 Å². The van der Waals surface area contributed by atoms with Gasteiger partial charge in [0.2, 0.25) is 0 Å². The molecule has 3 aliphatic rings. The van der Waals surface area contributed by atoms with Gasteiger partial charge in [-0.2, -0.15) is 5.26 Å². The maximum Gasteiger partial charge on any atom is 0.255 e. The molecule has 0 spiro atoms. The molecule has 44 heavy (non-hydrogen) atoms. The fourth-order valence-corrected chi connectivity index (χ4v) is 6.85. The van der Waals surface area contributed by atoms with Crippen LogP contribution in [0, 0.1) is 16.7 Å². The summed E-state index contributed by atoms with van der Waals surface area (Å²) in [4.78, 5) is 42.0. The molecule has 0 radical (unpaired) electrons. The predicted molar refractivity (Wildman–Crippen MR) is 157 cm³/mol. The maximum absolute atomic E-state index is 14.7. The number of nitrogens with two attached hydrogens (primary N) is 3. The molecule has 0 bridgehead atoms. The number of phenolic OH excluding ortho intramolecular Hbond substituents is 1. The van der Waals surface area contributed by atoms with Gasteiger partial charge in [0, 0.05) is 0 Å². The molecule has 0 heterocycles. The molecule has 0 aromatic heterocycles. The Bertz CT molecular complexity index is 1770. The molecule has 0 unspecified atom stereocenters. The van der Waals surface area contributed by atoms with Gasteiger partial charge in [-0.25, -0.2) is 0 Å². The third-order valence-electron chi connectivity index (χ3n) is 8.74. The minimum Gasteiger partial charge on any atom is -0.509 e. The summed E-state index contributed by atoms with van der Waals surface area (Å²) in [5, 5.41) is 56.7. The normalized spacial score (nSPS) is 30.5. The highest BCUT2D eigenvalue weighted by Gasteiger charge is 2.79.